The van der Waals surface area contributed by atoms with Gasteiger partial charge >= 0.3 is 0 Å². The van der Waals surface area contributed by atoms with Crippen LogP contribution in [0.4, 0.5) is 0 Å². The molecule has 0 aliphatic rings. The summed E-state index contributed by atoms with van der Waals surface area (Å²) in [4.78, 5) is 0. The molecule has 0 heterocycles. The molecule has 0 aromatic heterocycles. The van der Waals surface area contributed by atoms with Crippen molar-refractivity contribution in [3.8, 4) is 11.1 Å². The van der Waals surface area contributed by atoms with Crippen LogP contribution in [0.1, 0.15) is 24.1 Å². The van der Waals surface area contributed by atoms with Gasteiger partial charge in [0.2, 0.25) is 0 Å². The molecule has 2 rings (SSSR count). The smallest absolute Gasteiger partial charge is 0.0295 e. The molecule has 0 bridgehead atoms. The van der Waals surface area contributed by atoms with Gasteiger partial charge in [0.05, 0.1) is 0 Å². The van der Waals surface area contributed by atoms with Gasteiger partial charge < -0.3 is 5.32 Å². The maximum absolute atomic E-state index is 3.31. The van der Waals surface area contributed by atoms with Crippen LogP contribution in [0.15, 0.2) is 48.5 Å². The minimum atomic E-state index is 0.367. The Morgan fingerprint density at radius 2 is 1.76 bits per heavy atom. The summed E-state index contributed by atoms with van der Waals surface area (Å²) < 4.78 is 0. The van der Waals surface area contributed by atoms with Gasteiger partial charge in [0, 0.05) is 6.04 Å². The highest BCUT2D eigenvalue weighted by atomic mass is 14.9. The molecule has 88 valence electrons. The van der Waals surface area contributed by atoms with E-state index >= 15 is 0 Å². The number of nitrogens with one attached hydrogen (secondary N) is 1. The average Bonchev–Trinajstić information content (AvgIpc) is 2.38. The van der Waals surface area contributed by atoms with Gasteiger partial charge in [-0.1, -0.05) is 54.1 Å². The quantitative estimate of drug-likeness (QED) is 0.834. The second-order valence-corrected chi connectivity index (χ2v) is 4.47. The molecule has 1 atom stereocenters. The van der Waals surface area contributed by atoms with Crippen molar-refractivity contribution in [1.82, 2.24) is 5.32 Å². The Balaban J connectivity index is 2.52. The molecule has 0 amide bonds. The lowest BCUT2D eigenvalue weighted by atomic mass is 9.95. The fourth-order valence-electron chi connectivity index (χ4n) is 2.11. The third-order valence-corrected chi connectivity index (χ3v) is 3.19. The first-order chi connectivity index (χ1) is 8.22. The van der Waals surface area contributed by atoms with Gasteiger partial charge in [0.1, 0.15) is 0 Å². The van der Waals surface area contributed by atoms with Gasteiger partial charge in [-0.15, -0.1) is 0 Å². The van der Waals surface area contributed by atoms with Crippen LogP contribution in [-0.2, 0) is 0 Å². The van der Waals surface area contributed by atoms with Crippen LogP contribution < -0.4 is 5.32 Å². The minimum absolute atomic E-state index is 0.367. The van der Waals surface area contributed by atoms with Crippen LogP contribution in [0.25, 0.3) is 11.1 Å². The monoisotopic (exact) mass is 225 g/mol. The predicted molar refractivity (Wildman–Crippen MR) is 74.1 cm³/mol. The average molecular weight is 225 g/mol. The number of hydrogen-bond acceptors (Lipinski definition) is 1. The summed E-state index contributed by atoms with van der Waals surface area (Å²) in [7, 11) is 2.00. The molecular formula is C16H19N. The van der Waals surface area contributed by atoms with Crippen LogP contribution in [0.5, 0.6) is 0 Å². The molecule has 17 heavy (non-hydrogen) atoms. The lowest BCUT2D eigenvalue weighted by molar-refractivity contribution is 0.654. The lowest BCUT2D eigenvalue weighted by Gasteiger charge is -2.16. The SMILES string of the molecule is CNC(C)c1ccccc1-c1cccc(C)c1. The van der Waals surface area contributed by atoms with Gasteiger partial charge in [-0.05, 0) is 37.6 Å². The molecule has 0 saturated carbocycles. The summed E-state index contributed by atoms with van der Waals surface area (Å²) >= 11 is 0. The molecule has 1 N–H and O–H groups in total. The van der Waals surface area contributed by atoms with Crippen molar-refractivity contribution in [2.75, 3.05) is 7.05 Å². The molecule has 1 unspecified atom stereocenters. The van der Waals surface area contributed by atoms with Gasteiger partial charge in [-0.3, -0.25) is 0 Å². The van der Waals surface area contributed by atoms with E-state index < -0.39 is 0 Å². The number of aryl methyl sites for hydroxylation is 1. The first kappa shape index (κ1) is 11.9. The first-order valence-electron chi connectivity index (χ1n) is 6.05. The summed E-state index contributed by atoms with van der Waals surface area (Å²) in [5, 5.41) is 3.31. The van der Waals surface area contributed by atoms with Crippen LogP contribution in [0.3, 0.4) is 0 Å². The Morgan fingerprint density at radius 1 is 1.00 bits per heavy atom. The van der Waals surface area contributed by atoms with Crippen molar-refractivity contribution < 1.29 is 0 Å². The van der Waals surface area contributed by atoms with Crippen LogP contribution in [0, 0.1) is 6.92 Å². The fourth-order valence-corrected chi connectivity index (χ4v) is 2.11. The van der Waals surface area contributed by atoms with Gasteiger partial charge in [0.15, 0.2) is 0 Å². The largest absolute Gasteiger partial charge is 0.313 e. The van der Waals surface area contributed by atoms with E-state index in [0.29, 0.717) is 6.04 Å². The second-order valence-electron chi connectivity index (χ2n) is 4.47. The number of benzene rings is 2. The molecule has 0 spiro atoms. The maximum atomic E-state index is 3.31. The van der Waals surface area contributed by atoms with Gasteiger partial charge in [-0.2, -0.15) is 0 Å². The summed E-state index contributed by atoms with van der Waals surface area (Å²) in [6.45, 7) is 4.32. The first-order valence-corrected chi connectivity index (χ1v) is 6.05. The normalized spacial score (nSPS) is 12.4. The molecule has 1 heteroatoms. The number of rotatable bonds is 3. The Kier molecular flexibility index (Phi) is 3.60. The fraction of sp³-hybridized carbons (Fsp3) is 0.250. The highest BCUT2D eigenvalue weighted by molar-refractivity contribution is 5.68. The van der Waals surface area contributed by atoms with E-state index in [-0.39, 0.29) is 0 Å². The molecule has 0 saturated heterocycles. The number of hydrogen-bond donors (Lipinski definition) is 1. The second kappa shape index (κ2) is 5.15. The summed E-state index contributed by atoms with van der Waals surface area (Å²) in [6.07, 6.45) is 0. The molecular weight excluding hydrogens is 206 g/mol. The molecule has 0 aliphatic carbocycles. The van der Waals surface area contributed by atoms with Gasteiger partial charge in [0.25, 0.3) is 0 Å². The Labute approximate surface area is 103 Å². The Morgan fingerprint density at radius 3 is 2.47 bits per heavy atom. The van der Waals surface area contributed by atoms with Crippen molar-refractivity contribution in [1.29, 1.82) is 0 Å². The minimum Gasteiger partial charge on any atom is -0.313 e. The highest BCUT2D eigenvalue weighted by Crippen LogP contribution is 2.28. The van der Waals surface area contributed by atoms with E-state index in [2.05, 4.69) is 67.7 Å². The van der Waals surface area contributed by atoms with E-state index in [1.165, 1.54) is 22.3 Å². The van der Waals surface area contributed by atoms with E-state index in [0.717, 1.165) is 0 Å². The zero-order valence-corrected chi connectivity index (χ0v) is 10.7. The molecule has 0 fully saturated rings. The highest BCUT2D eigenvalue weighted by Gasteiger charge is 2.09. The summed E-state index contributed by atoms with van der Waals surface area (Å²) in [6, 6.07) is 17.6. The molecule has 1 nitrogen and oxygen atoms in total. The zero-order chi connectivity index (χ0) is 12.3. The van der Waals surface area contributed by atoms with Crippen molar-refractivity contribution in [3.05, 3.63) is 59.7 Å². The van der Waals surface area contributed by atoms with E-state index in [9.17, 15) is 0 Å². The molecule has 2 aromatic carbocycles. The maximum Gasteiger partial charge on any atom is 0.0295 e. The van der Waals surface area contributed by atoms with Crippen LogP contribution in [-0.4, -0.2) is 7.05 Å². The standard InChI is InChI=1S/C16H19N/c1-12-7-6-8-14(11-12)16-10-5-4-9-15(16)13(2)17-3/h4-11,13,17H,1-3H3. The molecule has 0 aliphatic heterocycles. The lowest BCUT2D eigenvalue weighted by Crippen LogP contribution is -2.13. The van der Waals surface area contributed by atoms with Crippen molar-refractivity contribution in [2.45, 2.75) is 19.9 Å². The third-order valence-electron chi connectivity index (χ3n) is 3.19. The van der Waals surface area contributed by atoms with E-state index in [4.69, 9.17) is 0 Å². The van der Waals surface area contributed by atoms with Gasteiger partial charge in [-0.25, -0.2) is 0 Å². The zero-order valence-electron chi connectivity index (χ0n) is 10.7. The van der Waals surface area contributed by atoms with E-state index in [1.807, 2.05) is 7.05 Å². The Hall–Kier alpha value is -1.60. The van der Waals surface area contributed by atoms with Crippen molar-refractivity contribution >= 4 is 0 Å². The topological polar surface area (TPSA) is 12.0 Å². The predicted octanol–water partition coefficient (Wildman–Crippen LogP) is 3.94. The van der Waals surface area contributed by atoms with Crippen molar-refractivity contribution in [3.63, 3.8) is 0 Å². The van der Waals surface area contributed by atoms with Crippen molar-refractivity contribution in [2.24, 2.45) is 0 Å². The molecule has 0 radical (unpaired) electrons. The Bertz CT molecular complexity index is 502. The summed E-state index contributed by atoms with van der Waals surface area (Å²) in [5.74, 6) is 0. The van der Waals surface area contributed by atoms with E-state index in [1.54, 1.807) is 0 Å². The van der Waals surface area contributed by atoms with Crippen LogP contribution in [0.2, 0.25) is 0 Å². The third kappa shape index (κ3) is 2.56. The molecule has 2 aromatic rings. The van der Waals surface area contributed by atoms with Crippen LogP contribution >= 0.6 is 0 Å². The summed E-state index contributed by atoms with van der Waals surface area (Å²) in [5.41, 5.74) is 5.26.